The van der Waals surface area contributed by atoms with E-state index in [1.807, 2.05) is 49.4 Å². The second kappa shape index (κ2) is 10.2. The van der Waals surface area contributed by atoms with Crippen LogP contribution in [0, 0.1) is 6.92 Å². The molecule has 4 nitrogen and oxygen atoms in total. The van der Waals surface area contributed by atoms with Crippen molar-refractivity contribution in [2.45, 2.75) is 56.5 Å². The first-order valence-electron chi connectivity index (χ1n) is 12.4. The number of fused-ring (bicyclic) bond motifs is 1. The molecule has 0 bridgehead atoms. The predicted octanol–water partition coefficient (Wildman–Crippen LogP) is 7.04. The van der Waals surface area contributed by atoms with Crippen molar-refractivity contribution in [3.05, 3.63) is 96.1 Å². The number of nitrogens with one attached hydrogen (secondary N) is 2. The van der Waals surface area contributed by atoms with E-state index in [9.17, 15) is 8.42 Å². The molecule has 1 saturated carbocycles. The molecule has 5 heteroatoms. The smallest absolute Gasteiger partial charge is 0.261 e. The molecule has 0 aliphatic heterocycles. The second-order valence-electron chi connectivity index (χ2n) is 9.50. The van der Waals surface area contributed by atoms with Crippen LogP contribution in [0.3, 0.4) is 0 Å². The monoisotopic (exact) mass is 484 g/mol. The van der Waals surface area contributed by atoms with E-state index in [-0.39, 0.29) is 4.90 Å². The molecule has 2 N–H and O–H groups in total. The van der Waals surface area contributed by atoms with Gasteiger partial charge in [-0.05, 0) is 59.9 Å². The number of hydrogen-bond donors (Lipinski definition) is 2. The SMILES string of the molecule is Cc1ccc(S(=O)(=O)Nc2ccc3ccccc3c2-c2ccccc2CNC2CCCCC2)cc1. The van der Waals surface area contributed by atoms with E-state index in [0.29, 0.717) is 11.7 Å². The topological polar surface area (TPSA) is 58.2 Å². The Morgan fingerprint density at radius 1 is 0.800 bits per heavy atom. The molecule has 0 radical (unpaired) electrons. The van der Waals surface area contributed by atoms with Gasteiger partial charge in [-0.25, -0.2) is 8.42 Å². The molecule has 1 aliphatic carbocycles. The van der Waals surface area contributed by atoms with Gasteiger partial charge in [0.05, 0.1) is 10.6 Å². The van der Waals surface area contributed by atoms with E-state index in [0.717, 1.165) is 34.0 Å². The van der Waals surface area contributed by atoms with Crippen molar-refractivity contribution in [3.63, 3.8) is 0 Å². The number of sulfonamides is 1. The molecule has 180 valence electrons. The third-order valence-electron chi connectivity index (χ3n) is 6.98. The van der Waals surface area contributed by atoms with E-state index >= 15 is 0 Å². The average Bonchev–Trinajstić information content (AvgIpc) is 2.88. The van der Waals surface area contributed by atoms with Gasteiger partial charge in [-0.3, -0.25) is 4.72 Å². The van der Waals surface area contributed by atoms with Gasteiger partial charge in [0.2, 0.25) is 0 Å². The highest BCUT2D eigenvalue weighted by atomic mass is 32.2. The predicted molar refractivity (Wildman–Crippen MR) is 145 cm³/mol. The summed E-state index contributed by atoms with van der Waals surface area (Å²) in [4.78, 5) is 0.259. The average molecular weight is 485 g/mol. The molecule has 5 rings (SSSR count). The van der Waals surface area contributed by atoms with Crippen LogP contribution in [0.15, 0.2) is 89.8 Å². The Hall–Kier alpha value is -3.15. The molecule has 0 atom stereocenters. The molecule has 0 amide bonds. The third-order valence-corrected chi connectivity index (χ3v) is 8.36. The standard InChI is InChI=1S/C30H32N2O2S/c1-22-15-18-26(19-16-22)35(33,34)32-29-20-17-23-9-5-7-13-27(23)30(29)28-14-8-6-10-24(28)21-31-25-11-3-2-4-12-25/h5-10,13-20,25,31-32H,2-4,11-12,21H2,1H3. The van der Waals surface area contributed by atoms with Gasteiger partial charge < -0.3 is 5.32 Å². The van der Waals surface area contributed by atoms with Gasteiger partial charge in [-0.1, -0.05) is 91.6 Å². The van der Waals surface area contributed by atoms with Crippen molar-refractivity contribution >= 4 is 26.5 Å². The zero-order valence-corrected chi connectivity index (χ0v) is 20.9. The van der Waals surface area contributed by atoms with Crippen LogP contribution in [0.25, 0.3) is 21.9 Å². The second-order valence-corrected chi connectivity index (χ2v) is 11.2. The lowest BCUT2D eigenvalue weighted by Crippen LogP contribution is -2.30. The Kier molecular flexibility index (Phi) is 6.89. The minimum atomic E-state index is -3.74. The van der Waals surface area contributed by atoms with Crippen molar-refractivity contribution in [3.8, 4) is 11.1 Å². The molecular weight excluding hydrogens is 452 g/mol. The molecule has 0 spiro atoms. The van der Waals surface area contributed by atoms with Gasteiger partial charge in [0.25, 0.3) is 10.0 Å². The first-order chi connectivity index (χ1) is 17.0. The van der Waals surface area contributed by atoms with E-state index in [1.54, 1.807) is 12.1 Å². The summed E-state index contributed by atoms with van der Waals surface area (Å²) in [5.74, 6) is 0. The number of anilines is 1. The van der Waals surface area contributed by atoms with Crippen LogP contribution in [0.4, 0.5) is 5.69 Å². The maximum atomic E-state index is 13.3. The summed E-state index contributed by atoms with van der Waals surface area (Å²) in [6.07, 6.45) is 6.34. The summed E-state index contributed by atoms with van der Waals surface area (Å²) in [6, 6.07) is 27.8. The fraction of sp³-hybridized carbons (Fsp3) is 0.267. The van der Waals surface area contributed by atoms with E-state index in [2.05, 4.69) is 40.4 Å². The van der Waals surface area contributed by atoms with Crippen LogP contribution in [0.2, 0.25) is 0 Å². The van der Waals surface area contributed by atoms with Crippen molar-refractivity contribution in [1.82, 2.24) is 5.32 Å². The Balaban J connectivity index is 1.57. The molecule has 0 saturated heterocycles. The first-order valence-corrected chi connectivity index (χ1v) is 13.9. The molecule has 1 fully saturated rings. The molecule has 0 unspecified atom stereocenters. The lowest BCUT2D eigenvalue weighted by Gasteiger charge is -2.24. The highest BCUT2D eigenvalue weighted by molar-refractivity contribution is 7.92. The van der Waals surface area contributed by atoms with Crippen molar-refractivity contribution < 1.29 is 8.42 Å². The number of benzene rings is 4. The zero-order chi connectivity index (χ0) is 24.3. The molecule has 4 aromatic rings. The van der Waals surface area contributed by atoms with Crippen LogP contribution < -0.4 is 10.0 Å². The highest BCUT2D eigenvalue weighted by Crippen LogP contribution is 2.38. The normalized spacial score (nSPS) is 14.8. The number of aryl methyl sites for hydroxylation is 1. The lowest BCUT2D eigenvalue weighted by atomic mass is 9.92. The van der Waals surface area contributed by atoms with Gasteiger partial charge in [-0.2, -0.15) is 0 Å². The fourth-order valence-corrected chi connectivity index (χ4v) is 6.12. The summed E-state index contributed by atoms with van der Waals surface area (Å²) in [5, 5.41) is 5.87. The number of rotatable bonds is 7. The van der Waals surface area contributed by atoms with Crippen molar-refractivity contribution in [2.24, 2.45) is 0 Å². The third kappa shape index (κ3) is 5.26. The van der Waals surface area contributed by atoms with Crippen LogP contribution in [-0.4, -0.2) is 14.5 Å². The lowest BCUT2D eigenvalue weighted by molar-refractivity contribution is 0.372. The van der Waals surface area contributed by atoms with Crippen LogP contribution >= 0.6 is 0 Å². The Morgan fingerprint density at radius 3 is 2.31 bits per heavy atom. The Labute approximate surface area is 208 Å². The van der Waals surface area contributed by atoms with Crippen LogP contribution in [-0.2, 0) is 16.6 Å². The van der Waals surface area contributed by atoms with E-state index < -0.39 is 10.0 Å². The summed E-state index contributed by atoms with van der Waals surface area (Å²) in [7, 11) is -3.74. The molecular formula is C30H32N2O2S. The van der Waals surface area contributed by atoms with Gasteiger partial charge in [0.1, 0.15) is 0 Å². The maximum absolute atomic E-state index is 13.3. The van der Waals surface area contributed by atoms with Crippen LogP contribution in [0.1, 0.15) is 43.2 Å². The van der Waals surface area contributed by atoms with Crippen molar-refractivity contribution in [1.29, 1.82) is 0 Å². The largest absolute Gasteiger partial charge is 0.310 e. The van der Waals surface area contributed by atoms with Gasteiger partial charge in [-0.15, -0.1) is 0 Å². The molecule has 1 aliphatic rings. The van der Waals surface area contributed by atoms with Crippen LogP contribution in [0.5, 0.6) is 0 Å². The maximum Gasteiger partial charge on any atom is 0.261 e. The zero-order valence-electron chi connectivity index (χ0n) is 20.1. The molecule has 0 aromatic heterocycles. The fourth-order valence-electron chi connectivity index (χ4n) is 5.05. The van der Waals surface area contributed by atoms with E-state index in [4.69, 9.17) is 0 Å². The summed E-state index contributed by atoms with van der Waals surface area (Å²) >= 11 is 0. The molecule has 0 heterocycles. The van der Waals surface area contributed by atoms with Gasteiger partial charge in [0, 0.05) is 18.2 Å². The first kappa shape index (κ1) is 23.6. The summed E-state index contributed by atoms with van der Waals surface area (Å²) in [5.41, 5.74) is 4.75. The van der Waals surface area contributed by atoms with Gasteiger partial charge in [0.15, 0.2) is 0 Å². The summed E-state index contributed by atoms with van der Waals surface area (Å²) in [6.45, 7) is 2.71. The molecule has 35 heavy (non-hydrogen) atoms. The minimum absolute atomic E-state index is 0.259. The Bertz CT molecular complexity index is 1420. The highest BCUT2D eigenvalue weighted by Gasteiger charge is 2.20. The molecule has 4 aromatic carbocycles. The van der Waals surface area contributed by atoms with E-state index in [1.165, 1.54) is 37.7 Å². The summed E-state index contributed by atoms with van der Waals surface area (Å²) < 4.78 is 29.6. The minimum Gasteiger partial charge on any atom is -0.310 e. The van der Waals surface area contributed by atoms with Crippen molar-refractivity contribution in [2.75, 3.05) is 4.72 Å². The van der Waals surface area contributed by atoms with Gasteiger partial charge >= 0.3 is 0 Å². The Morgan fingerprint density at radius 2 is 1.51 bits per heavy atom. The quantitative estimate of drug-likeness (QED) is 0.296. The number of hydrogen-bond acceptors (Lipinski definition) is 3.